The van der Waals surface area contributed by atoms with E-state index in [1.54, 1.807) is 6.20 Å². The van der Waals surface area contributed by atoms with Gasteiger partial charge >= 0.3 is 11.8 Å². The van der Waals surface area contributed by atoms with Gasteiger partial charge in [0.2, 0.25) is 0 Å². The summed E-state index contributed by atoms with van der Waals surface area (Å²) in [7, 11) is 0. The van der Waals surface area contributed by atoms with Gasteiger partial charge in [0, 0.05) is 51.7 Å². The Kier molecular flexibility index (Phi) is 8.35. The number of piperazine rings is 1. The lowest BCUT2D eigenvalue weighted by Crippen LogP contribution is -2.50. The largest absolute Gasteiger partial charge is 0.348 e. The predicted octanol–water partition coefficient (Wildman–Crippen LogP) is 1.24. The van der Waals surface area contributed by atoms with Crippen LogP contribution in [-0.4, -0.2) is 72.4 Å². The molecule has 2 amide bonds. The molecule has 7 heteroatoms. The highest BCUT2D eigenvalue weighted by molar-refractivity contribution is 6.35. The van der Waals surface area contributed by atoms with Crippen molar-refractivity contribution in [2.75, 3.05) is 45.8 Å². The zero-order chi connectivity index (χ0) is 21.2. The molecular weight excluding hydrogens is 378 g/mol. The van der Waals surface area contributed by atoms with E-state index >= 15 is 0 Å². The van der Waals surface area contributed by atoms with E-state index in [0.29, 0.717) is 19.5 Å². The maximum absolute atomic E-state index is 12.3. The van der Waals surface area contributed by atoms with Crippen LogP contribution in [0.5, 0.6) is 0 Å². The number of hydrogen-bond donors (Lipinski definition) is 2. The zero-order valence-electron chi connectivity index (χ0n) is 17.6. The number of carbonyl (C=O) groups excluding carboxylic acids is 2. The van der Waals surface area contributed by atoms with Gasteiger partial charge < -0.3 is 15.5 Å². The standard InChI is InChI=1S/C23H31N5O2/c1-2-27-13-15-28(16-14-27)21(20-9-6-11-24-17-20)18-26-23(30)22(29)25-12-10-19-7-4-3-5-8-19/h3-9,11,17,21H,2,10,12-16,18H2,1H3,(H,25,29)(H,26,30)/t21-/m0/s1. The number of aromatic nitrogens is 1. The van der Waals surface area contributed by atoms with Crippen molar-refractivity contribution in [3.8, 4) is 0 Å². The summed E-state index contributed by atoms with van der Waals surface area (Å²) in [6.07, 6.45) is 4.27. The van der Waals surface area contributed by atoms with E-state index in [0.717, 1.165) is 43.9 Å². The molecule has 30 heavy (non-hydrogen) atoms. The first-order chi connectivity index (χ1) is 14.7. The summed E-state index contributed by atoms with van der Waals surface area (Å²) in [5.74, 6) is -1.18. The van der Waals surface area contributed by atoms with Crippen molar-refractivity contribution in [3.63, 3.8) is 0 Å². The molecule has 160 valence electrons. The fourth-order valence-electron chi connectivity index (χ4n) is 3.74. The highest BCUT2D eigenvalue weighted by Gasteiger charge is 2.26. The molecule has 2 aromatic rings. The number of nitrogens with zero attached hydrogens (tertiary/aromatic N) is 3. The molecule has 0 bridgehead atoms. The number of nitrogens with one attached hydrogen (secondary N) is 2. The summed E-state index contributed by atoms with van der Waals surface area (Å²) in [6, 6.07) is 13.8. The van der Waals surface area contributed by atoms with Crippen LogP contribution in [-0.2, 0) is 16.0 Å². The molecule has 0 unspecified atom stereocenters. The summed E-state index contributed by atoms with van der Waals surface area (Å²) in [5.41, 5.74) is 2.17. The molecule has 1 atom stereocenters. The molecular formula is C23H31N5O2. The first-order valence-electron chi connectivity index (χ1n) is 10.6. The molecule has 3 rings (SSSR count). The lowest BCUT2D eigenvalue weighted by Gasteiger charge is -2.39. The Bertz CT molecular complexity index is 792. The van der Waals surface area contributed by atoms with Gasteiger partial charge in [-0.3, -0.25) is 19.5 Å². The quantitative estimate of drug-likeness (QED) is 0.642. The summed E-state index contributed by atoms with van der Waals surface area (Å²) in [4.78, 5) is 33.5. The average Bonchev–Trinajstić information content (AvgIpc) is 2.81. The van der Waals surface area contributed by atoms with Gasteiger partial charge in [0.25, 0.3) is 0 Å². The smallest absolute Gasteiger partial charge is 0.309 e. The topological polar surface area (TPSA) is 77.6 Å². The van der Waals surface area contributed by atoms with Gasteiger partial charge in [0.1, 0.15) is 0 Å². The summed E-state index contributed by atoms with van der Waals surface area (Å²) < 4.78 is 0. The molecule has 0 aliphatic carbocycles. The van der Waals surface area contributed by atoms with Crippen LogP contribution in [0.25, 0.3) is 0 Å². The molecule has 1 fully saturated rings. The number of amides is 2. The van der Waals surface area contributed by atoms with Crippen LogP contribution in [0.4, 0.5) is 0 Å². The lowest BCUT2D eigenvalue weighted by atomic mass is 10.1. The highest BCUT2D eigenvalue weighted by atomic mass is 16.2. The summed E-state index contributed by atoms with van der Waals surface area (Å²) in [5, 5.41) is 5.52. The molecule has 2 heterocycles. The Morgan fingerprint density at radius 3 is 2.40 bits per heavy atom. The van der Waals surface area contributed by atoms with Crippen LogP contribution in [0.3, 0.4) is 0 Å². The normalized spacial score (nSPS) is 16.0. The van der Waals surface area contributed by atoms with Crippen molar-refractivity contribution in [2.45, 2.75) is 19.4 Å². The fraction of sp³-hybridized carbons (Fsp3) is 0.435. The third kappa shape index (κ3) is 6.37. The molecule has 1 aromatic carbocycles. The second kappa shape index (κ2) is 11.4. The molecule has 1 aliphatic heterocycles. The summed E-state index contributed by atoms with van der Waals surface area (Å²) in [6.45, 7) is 7.88. The van der Waals surface area contributed by atoms with Crippen molar-refractivity contribution in [1.29, 1.82) is 0 Å². The first kappa shape index (κ1) is 21.9. The average molecular weight is 410 g/mol. The van der Waals surface area contributed by atoms with E-state index in [4.69, 9.17) is 0 Å². The fourth-order valence-corrected chi connectivity index (χ4v) is 3.74. The van der Waals surface area contributed by atoms with Crippen LogP contribution in [0.15, 0.2) is 54.9 Å². The molecule has 7 nitrogen and oxygen atoms in total. The van der Waals surface area contributed by atoms with Crippen molar-refractivity contribution in [1.82, 2.24) is 25.4 Å². The van der Waals surface area contributed by atoms with Gasteiger partial charge in [0.15, 0.2) is 0 Å². The van der Waals surface area contributed by atoms with Gasteiger partial charge in [-0.1, -0.05) is 43.3 Å². The Balaban J connectivity index is 1.51. The van der Waals surface area contributed by atoms with E-state index in [9.17, 15) is 9.59 Å². The molecule has 2 N–H and O–H groups in total. The third-order valence-corrected chi connectivity index (χ3v) is 5.57. The maximum atomic E-state index is 12.3. The van der Waals surface area contributed by atoms with Crippen LogP contribution in [0.1, 0.15) is 24.1 Å². The van der Waals surface area contributed by atoms with E-state index in [1.165, 1.54) is 0 Å². The van der Waals surface area contributed by atoms with Crippen molar-refractivity contribution in [3.05, 3.63) is 66.0 Å². The van der Waals surface area contributed by atoms with Gasteiger partial charge in [-0.05, 0) is 30.2 Å². The molecule has 0 radical (unpaired) electrons. The van der Waals surface area contributed by atoms with Crippen LogP contribution in [0.2, 0.25) is 0 Å². The van der Waals surface area contributed by atoms with Crippen molar-refractivity contribution >= 4 is 11.8 Å². The van der Waals surface area contributed by atoms with E-state index in [-0.39, 0.29) is 6.04 Å². The van der Waals surface area contributed by atoms with Gasteiger partial charge in [-0.15, -0.1) is 0 Å². The number of hydrogen-bond acceptors (Lipinski definition) is 5. The Morgan fingerprint density at radius 1 is 1.00 bits per heavy atom. The van der Waals surface area contributed by atoms with Gasteiger partial charge in [-0.2, -0.15) is 0 Å². The van der Waals surface area contributed by atoms with Crippen molar-refractivity contribution < 1.29 is 9.59 Å². The monoisotopic (exact) mass is 409 g/mol. The summed E-state index contributed by atoms with van der Waals surface area (Å²) >= 11 is 0. The molecule has 0 spiro atoms. The third-order valence-electron chi connectivity index (χ3n) is 5.57. The second-order valence-electron chi connectivity index (χ2n) is 7.47. The molecule has 1 aliphatic rings. The number of carbonyl (C=O) groups is 2. The molecule has 1 saturated heterocycles. The van der Waals surface area contributed by atoms with Crippen LogP contribution >= 0.6 is 0 Å². The van der Waals surface area contributed by atoms with Crippen LogP contribution < -0.4 is 10.6 Å². The maximum Gasteiger partial charge on any atom is 0.309 e. The van der Waals surface area contributed by atoms with E-state index in [2.05, 4.69) is 32.3 Å². The predicted molar refractivity (Wildman–Crippen MR) is 117 cm³/mol. The number of rotatable bonds is 8. The van der Waals surface area contributed by atoms with Gasteiger partial charge in [-0.25, -0.2) is 0 Å². The minimum Gasteiger partial charge on any atom is -0.348 e. The van der Waals surface area contributed by atoms with Gasteiger partial charge in [0.05, 0.1) is 6.04 Å². The zero-order valence-corrected chi connectivity index (χ0v) is 17.6. The second-order valence-corrected chi connectivity index (χ2v) is 7.47. The number of pyridine rings is 1. The first-order valence-corrected chi connectivity index (χ1v) is 10.6. The van der Waals surface area contributed by atoms with Crippen molar-refractivity contribution in [2.24, 2.45) is 0 Å². The lowest BCUT2D eigenvalue weighted by molar-refractivity contribution is -0.139. The highest BCUT2D eigenvalue weighted by Crippen LogP contribution is 2.21. The minimum absolute atomic E-state index is 0.00113. The van der Waals surface area contributed by atoms with E-state index < -0.39 is 11.8 Å². The van der Waals surface area contributed by atoms with E-state index in [1.807, 2.05) is 48.7 Å². The molecule has 1 aromatic heterocycles. The Hall–Kier alpha value is -2.77. The Morgan fingerprint density at radius 2 is 1.73 bits per heavy atom. The molecule has 0 saturated carbocycles. The minimum atomic E-state index is -0.593. The van der Waals surface area contributed by atoms with Crippen LogP contribution in [0, 0.1) is 0 Å². The SMILES string of the molecule is CCN1CCN([C@@H](CNC(=O)C(=O)NCCc2ccccc2)c2cccnc2)CC1. The Labute approximate surface area is 178 Å². The number of benzene rings is 1. The number of likely N-dealkylation sites (N-methyl/N-ethyl adjacent to an activating group) is 1.